The van der Waals surface area contributed by atoms with Crippen molar-refractivity contribution < 1.29 is 4.39 Å². The standard InChI is InChI=1S/C13H14ClFN2/c1-4-11-7(2)13(16-3)8-5-9(14)10(15)6-12(8)17-11/h5-6H,4H2,1-3H3,(H,16,17). The number of aromatic nitrogens is 1. The van der Waals surface area contributed by atoms with Crippen LogP contribution < -0.4 is 5.32 Å². The molecule has 0 bridgehead atoms. The van der Waals surface area contributed by atoms with Crippen LogP contribution in [0.2, 0.25) is 5.02 Å². The molecule has 0 aliphatic heterocycles. The summed E-state index contributed by atoms with van der Waals surface area (Å²) in [6.45, 7) is 4.04. The topological polar surface area (TPSA) is 24.9 Å². The van der Waals surface area contributed by atoms with Gasteiger partial charge in [0.25, 0.3) is 0 Å². The first-order chi connectivity index (χ1) is 8.08. The van der Waals surface area contributed by atoms with Gasteiger partial charge in [0.2, 0.25) is 0 Å². The van der Waals surface area contributed by atoms with Crippen LogP contribution in [-0.4, -0.2) is 12.0 Å². The van der Waals surface area contributed by atoms with Crippen LogP contribution in [0.4, 0.5) is 10.1 Å². The van der Waals surface area contributed by atoms with E-state index in [2.05, 4.69) is 10.3 Å². The zero-order valence-corrected chi connectivity index (χ0v) is 10.8. The monoisotopic (exact) mass is 252 g/mol. The molecule has 90 valence electrons. The van der Waals surface area contributed by atoms with E-state index in [1.807, 2.05) is 20.9 Å². The molecule has 0 atom stereocenters. The molecular weight excluding hydrogens is 239 g/mol. The predicted octanol–water partition coefficient (Wildman–Crippen LogP) is 3.94. The Morgan fingerprint density at radius 2 is 2.12 bits per heavy atom. The Kier molecular flexibility index (Phi) is 3.20. The van der Waals surface area contributed by atoms with Crippen LogP contribution in [0.3, 0.4) is 0 Å². The molecule has 2 aromatic rings. The number of pyridine rings is 1. The van der Waals surface area contributed by atoms with Crippen molar-refractivity contribution in [2.24, 2.45) is 0 Å². The third-order valence-electron chi connectivity index (χ3n) is 2.96. The molecule has 1 aromatic carbocycles. The van der Waals surface area contributed by atoms with Crippen LogP contribution in [0.25, 0.3) is 10.9 Å². The molecule has 17 heavy (non-hydrogen) atoms. The summed E-state index contributed by atoms with van der Waals surface area (Å²) in [5.41, 5.74) is 3.67. The molecular formula is C13H14ClFN2. The molecule has 0 unspecified atom stereocenters. The number of aryl methyl sites for hydroxylation is 1. The molecule has 1 N–H and O–H groups in total. The van der Waals surface area contributed by atoms with Gasteiger partial charge in [-0.3, -0.25) is 4.98 Å². The van der Waals surface area contributed by atoms with Gasteiger partial charge in [-0.05, 0) is 25.0 Å². The first kappa shape index (κ1) is 12.1. The molecule has 4 heteroatoms. The lowest BCUT2D eigenvalue weighted by Gasteiger charge is -2.13. The van der Waals surface area contributed by atoms with Gasteiger partial charge in [-0.1, -0.05) is 18.5 Å². The van der Waals surface area contributed by atoms with Crippen LogP contribution in [-0.2, 0) is 6.42 Å². The van der Waals surface area contributed by atoms with Crippen molar-refractivity contribution in [2.45, 2.75) is 20.3 Å². The second-order valence-electron chi connectivity index (χ2n) is 3.95. The average Bonchev–Trinajstić information content (AvgIpc) is 2.31. The minimum absolute atomic E-state index is 0.124. The Morgan fingerprint density at radius 3 is 2.71 bits per heavy atom. The Morgan fingerprint density at radius 1 is 1.41 bits per heavy atom. The van der Waals surface area contributed by atoms with E-state index in [1.54, 1.807) is 6.07 Å². The maximum atomic E-state index is 13.4. The molecule has 1 heterocycles. The minimum atomic E-state index is -0.431. The number of hydrogen-bond acceptors (Lipinski definition) is 2. The first-order valence-electron chi connectivity index (χ1n) is 5.54. The number of nitrogens with zero attached hydrogens (tertiary/aromatic N) is 1. The highest BCUT2D eigenvalue weighted by Gasteiger charge is 2.12. The molecule has 0 fully saturated rings. The third kappa shape index (κ3) is 1.95. The van der Waals surface area contributed by atoms with Gasteiger partial charge in [0.15, 0.2) is 0 Å². The SMILES string of the molecule is CCc1nc2cc(F)c(Cl)cc2c(NC)c1C. The normalized spacial score (nSPS) is 10.9. The van der Waals surface area contributed by atoms with E-state index in [4.69, 9.17) is 11.6 Å². The van der Waals surface area contributed by atoms with Crippen LogP contribution in [0.15, 0.2) is 12.1 Å². The van der Waals surface area contributed by atoms with E-state index < -0.39 is 5.82 Å². The van der Waals surface area contributed by atoms with E-state index in [0.29, 0.717) is 5.52 Å². The Bertz CT molecular complexity index is 581. The van der Waals surface area contributed by atoms with Gasteiger partial charge in [0.05, 0.1) is 10.5 Å². The molecule has 1 aromatic heterocycles. The van der Waals surface area contributed by atoms with Crippen molar-refractivity contribution in [3.63, 3.8) is 0 Å². The highest BCUT2D eigenvalue weighted by Crippen LogP contribution is 2.31. The Balaban J connectivity index is 2.88. The first-order valence-corrected chi connectivity index (χ1v) is 5.92. The highest BCUT2D eigenvalue weighted by molar-refractivity contribution is 6.31. The zero-order chi connectivity index (χ0) is 12.6. The number of halogens is 2. The maximum absolute atomic E-state index is 13.4. The van der Waals surface area contributed by atoms with Gasteiger partial charge in [-0.15, -0.1) is 0 Å². The number of benzene rings is 1. The fourth-order valence-corrected chi connectivity index (χ4v) is 2.23. The molecule has 0 spiro atoms. The van der Waals surface area contributed by atoms with Crippen molar-refractivity contribution in [3.8, 4) is 0 Å². The lowest BCUT2D eigenvalue weighted by atomic mass is 10.1. The summed E-state index contributed by atoms with van der Waals surface area (Å²) in [6, 6.07) is 3.01. The van der Waals surface area contributed by atoms with E-state index >= 15 is 0 Å². The summed E-state index contributed by atoms with van der Waals surface area (Å²) in [5, 5.41) is 4.12. The molecule has 0 saturated heterocycles. The van der Waals surface area contributed by atoms with E-state index in [9.17, 15) is 4.39 Å². The number of nitrogens with one attached hydrogen (secondary N) is 1. The molecule has 2 rings (SSSR count). The predicted molar refractivity (Wildman–Crippen MR) is 70.4 cm³/mol. The summed E-state index contributed by atoms with van der Waals surface area (Å²) >= 11 is 5.81. The summed E-state index contributed by atoms with van der Waals surface area (Å²) in [4.78, 5) is 4.47. The Labute approximate surface area is 105 Å². The molecule has 0 amide bonds. The summed E-state index contributed by atoms with van der Waals surface area (Å²) in [6.07, 6.45) is 0.820. The molecule has 2 nitrogen and oxygen atoms in total. The van der Waals surface area contributed by atoms with Gasteiger partial charge in [-0.2, -0.15) is 0 Å². The lowest BCUT2D eigenvalue weighted by molar-refractivity contribution is 0.629. The second kappa shape index (κ2) is 4.49. The fourth-order valence-electron chi connectivity index (χ4n) is 2.07. The zero-order valence-electron chi connectivity index (χ0n) is 10.1. The second-order valence-corrected chi connectivity index (χ2v) is 4.35. The highest BCUT2D eigenvalue weighted by atomic mass is 35.5. The number of hydrogen-bond donors (Lipinski definition) is 1. The number of rotatable bonds is 2. The fraction of sp³-hybridized carbons (Fsp3) is 0.308. The van der Waals surface area contributed by atoms with Gasteiger partial charge >= 0.3 is 0 Å². The third-order valence-corrected chi connectivity index (χ3v) is 3.25. The molecule has 0 aliphatic carbocycles. The van der Waals surface area contributed by atoms with Crippen LogP contribution in [0.1, 0.15) is 18.2 Å². The summed E-state index contributed by atoms with van der Waals surface area (Å²) in [5.74, 6) is -0.431. The van der Waals surface area contributed by atoms with Gasteiger partial charge in [-0.25, -0.2) is 4.39 Å². The van der Waals surface area contributed by atoms with Crippen LogP contribution in [0.5, 0.6) is 0 Å². The number of anilines is 1. The molecule has 0 radical (unpaired) electrons. The van der Waals surface area contributed by atoms with E-state index in [0.717, 1.165) is 28.8 Å². The van der Waals surface area contributed by atoms with Crippen molar-refractivity contribution in [1.82, 2.24) is 4.98 Å². The largest absolute Gasteiger partial charge is 0.387 e. The lowest BCUT2D eigenvalue weighted by Crippen LogP contribution is -2.01. The van der Waals surface area contributed by atoms with E-state index in [1.165, 1.54) is 6.07 Å². The molecule has 0 aliphatic rings. The molecule has 0 saturated carbocycles. The van der Waals surface area contributed by atoms with Crippen molar-refractivity contribution in [2.75, 3.05) is 12.4 Å². The number of fused-ring (bicyclic) bond motifs is 1. The van der Waals surface area contributed by atoms with Crippen LogP contribution >= 0.6 is 11.6 Å². The summed E-state index contributed by atoms with van der Waals surface area (Å²) < 4.78 is 13.4. The van der Waals surface area contributed by atoms with Crippen molar-refractivity contribution in [1.29, 1.82) is 0 Å². The maximum Gasteiger partial charge on any atom is 0.143 e. The van der Waals surface area contributed by atoms with E-state index in [-0.39, 0.29) is 5.02 Å². The van der Waals surface area contributed by atoms with Gasteiger partial charge in [0, 0.05) is 29.9 Å². The van der Waals surface area contributed by atoms with Crippen molar-refractivity contribution >= 4 is 28.2 Å². The van der Waals surface area contributed by atoms with Crippen LogP contribution in [0, 0.1) is 12.7 Å². The quantitative estimate of drug-likeness (QED) is 0.876. The van der Waals surface area contributed by atoms with Crippen molar-refractivity contribution in [3.05, 3.63) is 34.2 Å². The summed E-state index contributed by atoms with van der Waals surface area (Å²) in [7, 11) is 1.85. The Hall–Kier alpha value is -1.35. The van der Waals surface area contributed by atoms with Gasteiger partial charge < -0.3 is 5.32 Å². The minimum Gasteiger partial charge on any atom is -0.387 e. The smallest absolute Gasteiger partial charge is 0.143 e. The average molecular weight is 253 g/mol. The van der Waals surface area contributed by atoms with Gasteiger partial charge in [0.1, 0.15) is 5.82 Å².